The molecule has 0 spiro atoms. The van der Waals surface area contributed by atoms with Gasteiger partial charge in [0, 0.05) is 4.90 Å². The average molecular weight is 318 g/mol. The van der Waals surface area contributed by atoms with Gasteiger partial charge in [0.2, 0.25) is 5.91 Å². The molecule has 0 saturated heterocycles. The van der Waals surface area contributed by atoms with Gasteiger partial charge < -0.3 is 5.32 Å². The Bertz CT molecular complexity index is 590. The molecular formula is C18H26N2OS. The van der Waals surface area contributed by atoms with Gasteiger partial charge in [0.05, 0.1) is 11.8 Å². The van der Waals surface area contributed by atoms with Gasteiger partial charge in [-0.3, -0.25) is 4.79 Å². The van der Waals surface area contributed by atoms with Crippen LogP contribution in [0.25, 0.3) is 0 Å². The summed E-state index contributed by atoms with van der Waals surface area (Å²) in [5, 5.41) is 12.1. The van der Waals surface area contributed by atoms with Gasteiger partial charge in [0.25, 0.3) is 0 Å². The standard InChI is InChI=1S/C18H26N2OS/c1-11(2)18(7,10-19)20-16(21)9-22-17-14(5)12(3)8-13(4)15(17)6/h8,11H,9H2,1-7H3,(H,20,21)/t18-/m1/s1. The van der Waals surface area contributed by atoms with E-state index in [1.807, 2.05) is 13.8 Å². The van der Waals surface area contributed by atoms with Crippen LogP contribution < -0.4 is 5.32 Å². The van der Waals surface area contributed by atoms with E-state index in [-0.39, 0.29) is 11.8 Å². The molecule has 3 nitrogen and oxygen atoms in total. The van der Waals surface area contributed by atoms with E-state index in [2.05, 4.69) is 45.1 Å². The third kappa shape index (κ3) is 4.04. The molecule has 1 rings (SSSR count). The van der Waals surface area contributed by atoms with Crippen LogP contribution in [0.3, 0.4) is 0 Å². The first-order chi connectivity index (χ1) is 10.1. The fourth-order valence-electron chi connectivity index (χ4n) is 2.16. The molecule has 0 aliphatic carbocycles. The van der Waals surface area contributed by atoms with Crippen molar-refractivity contribution >= 4 is 17.7 Å². The van der Waals surface area contributed by atoms with Crippen molar-refractivity contribution in [2.75, 3.05) is 5.75 Å². The van der Waals surface area contributed by atoms with Crippen molar-refractivity contribution in [2.24, 2.45) is 5.92 Å². The fraction of sp³-hybridized carbons (Fsp3) is 0.556. The van der Waals surface area contributed by atoms with E-state index < -0.39 is 5.54 Å². The topological polar surface area (TPSA) is 52.9 Å². The molecule has 0 heterocycles. The molecule has 0 aliphatic rings. The van der Waals surface area contributed by atoms with E-state index in [9.17, 15) is 10.1 Å². The number of thioether (sulfide) groups is 1. The van der Waals surface area contributed by atoms with E-state index in [1.54, 1.807) is 18.7 Å². The normalized spacial score (nSPS) is 13.6. The maximum absolute atomic E-state index is 12.2. The third-order valence-electron chi connectivity index (χ3n) is 4.43. The average Bonchev–Trinajstić information content (AvgIpc) is 2.44. The molecule has 120 valence electrons. The van der Waals surface area contributed by atoms with Gasteiger partial charge >= 0.3 is 0 Å². The molecule has 0 unspecified atom stereocenters. The molecule has 0 saturated carbocycles. The first kappa shape index (κ1) is 18.6. The highest BCUT2D eigenvalue weighted by molar-refractivity contribution is 8.00. The molecule has 1 aromatic carbocycles. The smallest absolute Gasteiger partial charge is 0.231 e. The minimum Gasteiger partial charge on any atom is -0.337 e. The monoisotopic (exact) mass is 318 g/mol. The highest BCUT2D eigenvalue weighted by Gasteiger charge is 2.29. The van der Waals surface area contributed by atoms with Crippen LogP contribution in [0, 0.1) is 44.9 Å². The minimum atomic E-state index is -0.815. The zero-order chi connectivity index (χ0) is 17.1. The quantitative estimate of drug-likeness (QED) is 0.833. The molecule has 4 heteroatoms. The number of rotatable bonds is 5. The second kappa shape index (κ2) is 7.19. The summed E-state index contributed by atoms with van der Waals surface area (Å²) in [6.45, 7) is 14.0. The van der Waals surface area contributed by atoms with E-state index in [0.717, 1.165) is 0 Å². The highest BCUT2D eigenvalue weighted by atomic mass is 32.2. The number of amides is 1. The number of nitrogens with one attached hydrogen (secondary N) is 1. The van der Waals surface area contributed by atoms with Crippen molar-refractivity contribution < 1.29 is 4.79 Å². The summed E-state index contributed by atoms with van der Waals surface area (Å²) in [4.78, 5) is 13.4. The van der Waals surface area contributed by atoms with Crippen LogP contribution in [0.1, 0.15) is 43.0 Å². The van der Waals surface area contributed by atoms with Crippen molar-refractivity contribution in [2.45, 2.75) is 58.9 Å². The summed E-state index contributed by atoms with van der Waals surface area (Å²) in [6, 6.07) is 4.39. The van der Waals surface area contributed by atoms with Crippen LogP contribution >= 0.6 is 11.8 Å². The Labute approximate surface area is 138 Å². The zero-order valence-electron chi connectivity index (χ0n) is 14.6. The second-order valence-electron chi connectivity index (χ2n) is 6.40. The van der Waals surface area contributed by atoms with Crippen LogP contribution in [0.2, 0.25) is 0 Å². The summed E-state index contributed by atoms with van der Waals surface area (Å²) in [6.07, 6.45) is 0. The van der Waals surface area contributed by atoms with Crippen LogP contribution in [0.15, 0.2) is 11.0 Å². The Balaban J connectivity index is 2.84. The number of aryl methyl sites for hydroxylation is 2. The molecule has 0 bridgehead atoms. The summed E-state index contributed by atoms with van der Waals surface area (Å²) in [5.74, 6) is 0.297. The Morgan fingerprint density at radius 1 is 1.27 bits per heavy atom. The Morgan fingerprint density at radius 2 is 1.77 bits per heavy atom. The van der Waals surface area contributed by atoms with Crippen LogP contribution in [-0.2, 0) is 4.79 Å². The van der Waals surface area contributed by atoms with E-state index in [4.69, 9.17) is 0 Å². The molecule has 0 radical (unpaired) electrons. The van der Waals surface area contributed by atoms with Crippen molar-refractivity contribution in [1.82, 2.24) is 5.32 Å². The van der Waals surface area contributed by atoms with Crippen LogP contribution in [0.5, 0.6) is 0 Å². The SMILES string of the molecule is Cc1cc(C)c(C)c(SCC(=O)N[C@](C)(C#N)C(C)C)c1C. The number of benzene rings is 1. The first-order valence-corrected chi connectivity index (χ1v) is 8.53. The lowest BCUT2D eigenvalue weighted by Gasteiger charge is -2.27. The van der Waals surface area contributed by atoms with E-state index in [0.29, 0.717) is 5.75 Å². The lowest BCUT2D eigenvalue weighted by Crippen LogP contribution is -2.49. The van der Waals surface area contributed by atoms with Gasteiger partial charge in [-0.15, -0.1) is 11.8 Å². The third-order valence-corrected chi connectivity index (χ3v) is 5.74. The van der Waals surface area contributed by atoms with E-state index >= 15 is 0 Å². The van der Waals surface area contributed by atoms with Gasteiger partial charge in [-0.2, -0.15) is 5.26 Å². The lowest BCUT2D eigenvalue weighted by molar-refractivity contribution is -0.120. The fourth-order valence-corrected chi connectivity index (χ4v) is 3.26. The number of carbonyl (C=O) groups is 1. The Hall–Kier alpha value is -1.47. The summed E-state index contributed by atoms with van der Waals surface area (Å²) >= 11 is 1.55. The second-order valence-corrected chi connectivity index (χ2v) is 7.38. The maximum Gasteiger partial charge on any atom is 0.231 e. The lowest BCUT2D eigenvalue weighted by atomic mass is 9.90. The van der Waals surface area contributed by atoms with Gasteiger partial charge in [0.15, 0.2) is 0 Å². The highest BCUT2D eigenvalue weighted by Crippen LogP contribution is 2.30. The minimum absolute atomic E-state index is 0.0659. The molecule has 0 fully saturated rings. The molecular weight excluding hydrogens is 292 g/mol. The summed E-state index contributed by atoms with van der Waals surface area (Å²) in [7, 11) is 0. The van der Waals surface area contributed by atoms with Gasteiger partial charge in [0.1, 0.15) is 5.54 Å². The summed E-state index contributed by atoms with van der Waals surface area (Å²) < 4.78 is 0. The molecule has 0 aromatic heterocycles. The van der Waals surface area contributed by atoms with Crippen molar-refractivity contribution in [1.29, 1.82) is 5.26 Å². The summed E-state index contributed by atoms with van der Waals surface area (Å²) in [5.41, 5.74) is 4.13. The largest absolute Gasteiger partial charge is 0.337 e. The molecule has 1 aromatic rings. The first-order valence-electron chi connectivity index (χ1n) is 7.54. The molecule has 1 N–H and O–H groups in total. The van der Waals surface area contributed by atoms with Crippen LogP contribution in [0.4, 0.5) is 0 Å². The maximum atomic E-state index is 12.2. The van der Waals surface area contributed by atoms with Crippen molar-refractivity contribution in [3.05, 3.63) is 28.3 Å². The Kier molecular flexibility index (Phi) is 6.08. The predicted molar refractivity (Wildman–Crippen MR) is 93.1 cm³/mol. The van der Waals surface area contributed by atoms with Gasteiger partial charge in [-0.1, -0.05) is 19.9 Å². The molecule has 1 amide bonds. The predicted octanol–water partition coefficient (Wildman–Crippen LogP) is 4.07. The van der Waals surface area contributed by atoms with Crippen LogP contribution in [-0.4, -0.2) is 17.2 Å². The molecule has 1 atom stereocenters. The van der Waals surface area contributed by atoms with Gasteiger partial charge in [-0.25, -0.2) is 0 Å². The Morgan fingerprint density at radius 3 is 2.18 bits per heavy atom. The van der Waals surface area contributed by atoms with Crippen molar-refractivity contribution in [3.63, 3.8) is 0 Å². The number of nitriles is 1. The number of carbonyl (C=O) groups excluding carboxylic acids is 1. The number of nitrogens with zero attached hydrogens (tertiary/aromatic N) is 1. The van der Waals surface area contributed by atoms with Gasteiger partial charge in [-0.05, 0) is 62.8 Å². The molecule has 0 aliphatic heterocycles. The zero-order valence-corrected chi connectivity index (χ0v) is 15.4. The van der Waals surface area contributed by atoms with Crippen molar-refractivity contribution in [3.8, 4) is 6.07 Å². The number of hydrogen-bond acceptors (Lipinski definition) is 3. The van der Waals surface area contributed by atoms with E-state index in [1.165, 1.54) is 27.1 Å². The molecule has 22 heavy (non-hydrogen) atoms. The number of hydrogen-bond donors (Lipinski definition) is 1.